The predicted octanol–water partition coefficient (Wildman–Crippen LogP) is 4.18. The summed E-state index contributed by atoms with van der Waals surface area (Å²) < 4.78 is 15.6. The van der Waals surface area contributed by atoms with Crippen molar-refractivity contribution in [1.29, 1.82) is 0 Å². The van der Waals surface area contributed by atoms with E-state index in [2.05, 4.69) is 4.98 Å². The number of aromatic nitrogens is 1. The highest BCUT2D eigenvalue weighted by atomic mass is 32.1. The van der Waals surface area contributed by atoms with Gasteiger partial charge in [-0.2, -0.15) is 0 Å². The zero-order chi connectivity index (χ0) is 20.1. The van der Waals surface area contributed by atoms with Crippen molar-refractivity contribution in [3.8, 4) is 22.1 Å². The van der Waals surface area contributed by atoms with Crippen LogP contribution in [0.5, 0.6) is 11.5 Å². The molecule has 0 bridgehead atoms. The first-order chi connectivity index (χ1) is 13.5. The molecule has 0 atom stereocenters. The molecule has 0 N–H and O–H groups in total. The normalized spacial score (nSPS) is 10.4. The molecule has 0 radical (unpaired) electrons. The lowest BCUT2D eigenvalue weighted by Gasteiger charge is -2.09. The maximum Gasteiger partial charge on any atom is 0.350 e. The van der Waals surface area contributed by atoms with Gasteiger partial charge in [-0.15, -0.1) is 11.3 Å². The third-order valence-electron chi connectivity index (χ3n) is 4.04. The second-order valence-electron chi connectivity index (χ2n) is 5.87. The van der Waals surface area contributed by atoms with Crippen molar-refractivity contribution in [3.63, 3.8) is 0 Å². The maximum absolute atomic E-state index is 12.4. The lowest BCUT2D eigenvalue weighted by Crippen LogP contribution is -2.14. The molecule has 2 aromatic carbocycles. The minimum absolute atomic E-state index is 0.334. The molecule has 0 unspecified atom stereocenters. The highest BCUT2D eigenvalue weighted by molar-refractivity contribution is 7.17. The monoisotopic (exact) mass is 397 g/mol. The van der Waals surface area contributed by atoms with Gasteiger partial charge in [0.2, 0.25) is 0 Å². The lowest BCUT2D eigenvalue weighted by molar-refractivity contribution is 0.0478. The zero-order valence-corrected chi connectivity index (χ0v) is 16.5. The fourth-order valence-corrected chi connectivity index (χ4v) is 3.55. The Morgan fingerprint density at radius 2 is 1.71 bits per heavy atom. The average molecular weight is 397 g/mol. The molecule has 6 nitrogen and oxygen atoms in total. The van der Waals surface area contributed by atoms with Gasteiger partial charge in [-0.1, -0.05) is 30.3 Å². The number of ketones is 1. The number of thiazole rings is 1. The largest absolute Gasteiger partial charge is 0.493 e. The number of esters is 1. The summed E-state index contributed by atoms with van der Waals surface area (Å²) in [7, 11) is 3.01. The van der Waals surface area contributed by atoms with E-state index in [0.29, 0.717) is 27.6 Å². The van der Waals surface area contributed by atoms with E-state index in [1.807, 2.05) is 30.3 Å². The topological polar surface area (TPSA) is 74.7 Å². The fourth-order valence-electron chi connectivity index (χ4n) is 2.58. The number of rotatable bonds is 7. The standard InChI is InChI=1S/C21H19NO5S/c1-13-19(28-20(22-13)14-7-5-4-6-8-14)21(24)27-12-16(23)15-9-10-17(25-2)18(11-15)26-3/h4-11H,12H2,1-3H3. The van der Waals surface area contributed by atoms with Gasteiger partial charge >= 0.3 is 5.97 Å². The van der Waals surface area contributed by atoms with Crippen molar-refractivity contribution in [2.45, 2.75) is 6.92 Å². The average Bonchev–Trinajstić information content (AvgIpc) is 3.13. The third kappa shape index (κ3) is 4.20. The molecule has 3 rings (SSSR count). The van der Waals surface area contributed by atoms with E-state index in [9.17, 15) is 9.59 Å². The highest BCUT2D eigenvalue weighted by Crippen LogP contribution is 2.29. The Bertz CT molecular complexity index is 997. The van der Waals surface area contributed by atoms with E-state index in [1.165, 1.54) is 25.6 Å². The van der Waals surface area contributed by atoms with Crippen LogP contribution >= 0.6 is 11.3 Å². The van der Waals surface area contributed by atoms with Gasteiger partial charge in [0.05, 0.1) is 19.9 Å². The van der Waals surface area contributed by atoms with Gasteiger partial charge in [0.15, 0.2) is 23.9 Å². The Morgan fingerprint density at radius 1 is 1.00 bits per heavy atom. The zero-order valence-electron chi connectivity index (χ0n) is 15.7. The van der Waals surface area contributed by atoms with Crippen molar-refractivity contribution >= 4 is 23.1 Å². The summed E-state index contributed by atoms with van der Waals surface area (Å²) in [6.45, 7) is 1.38. The summed E-state index contributed by atoms with van der Waals surface area (Å²) in [5.74, 6) is 0.0565. The summed E-state index contributed by atoms with van der Waals surface area (Å²) in [6, 6.07) is 14.4. The van der Waals surface area contributed by atoms with E-state index in [4.69, 9.17) is 14.2 Å². The fraction of sp³-hybridized carbons (Fsp3) is 0.190. The van der Waals surface area contributed by atoms with E-state index in [-0.39, 0.29) is 12.4 Å². The van der Waals surface area contributed by atoms with Gasteiger partial charge in [0, 0.05) is 11.1 Å². The van der Waals surface area contributed by atoms with E-state index in [0.717, 1.165) is 10.6 Å². The molecule has 28 heavy (non-hydrogen) atoms. The summed E-state index contributed by atoms with van der Waals surface area (Å²) >= 11 is 1.25. The minimum Gasteiger partial charge on any atom is -0.493 e. The van der Waals surface area contributed by atoms with Crippen LogP contribution in [0.2, 0.25) is 0 Å². The van der Waals surface area contributed by atoms with Crippen molar-refractivity contribution in [1.82, 2.24) is 4.98 Å². The molecule has 0 saturated heterocycles. The second kappa shape index (κ2) is 8.67. The molecule has 0 amide bonds. The first-order valence-corrected chi connectivity index (χ1v) is 9.30. The van der Waals surface area contributed by atoms with Crippen molar-refractivity contribution in [3.05, 3.63) is 64.7 Å². The quantitative estimate of drug-likeness (QED) is 0.440. The first-order valence-electron chi connectivity index (χ1n) is 8.48. The third-order valence-corrected chi connectivity index (χ3v) is 5.23. The summed E-state index contributed by atoms with van der Waals surface area (Å²) in [4.78, 5) is 29.6. The molecule has 0 fully saturated rings. The van der Waals surface area contributed by atoms with E-state index < -0.39 is 5.97 Å². The molecule has 0 aliphatic heterocycles. The molecule has 3 aromatic rings. The number of carbonyl (C=O) groups is 2. The molecular formula is C21H19NO5S. The Balaban J connectivity index is 1.69. The smallest absolute Gasteiger partial charge is 0.350 e. The second-order valence-corrected chi connectivity index (χ2v) is 6.87. The van der Waals surface area contributed by atoms with Crippen LogP contribution in [0.4, 0.5) is 0 Å². The molecule has 144 valence electrons. The SMILES string of the molecule is COc1ccc(C(=O)COC(=O)c2sc(-c3ccccc3)nc2C)cc1OC. The molecular weight excluding hydrogens is 378 g/mol. The van der Waals surface area contributed by atoms with Gasteiger partial charge in [-0.25, -0.2) is 9.78 Å². The van der Waals surface area contributed by atoms with E-state index in [1.54, 1.807) is 25.1 Å². The molecule has 0 spiro atoms. The van der Waals surface area contributed by atoms with Gasteiger partial charge in [-0.05, 0) is 25.1 Å². The van der Waals surface area contributed by atoms with Crippen molar-refractivity contribution in [2.24, 2.45) is 0 Å². The number of ether oxygens (including phenoxy) is 3. The number of carbonyl (C=O) groups excluding carboxylic acids is 2. The van der Waals surface area contributed by atoms with Gasteiger partial charge in [0.1, 0.15) is 9.88 Å². The molecule has 0 saturated carbocycles. The maximum atomic E-state index is 12.4. The molecule has 0 aliphatic carbocycles. The molecule has 0 aliphatic rings. The van der Waals surface area contributed by atoms with Crippen LogP contribution in [-0.2, 0) is 4.74 Å². The number of hydrogen-bond acceptors (Lipinski definition) is 7. The summed E-state index contributed by atoms with van der Waals surface area (Å²) in [5.41, 5.74) is 1.87. The molecule has 1 heterocycles. The number of benzene rings is 2. The van der Waals surface area contributed by atoms with E-state index >= 15 is 0 Å². The van der Waals surface area contributed by atoms with Gasteiger partial charge in [-0.3, -0.25) is 4.79 Å². The highest BCUT2D eigenvalue weighted by Gasteiger charge is 2.19. The number of nitrogens with zero attached hydrogens (tertiary/aromatic N) is 1. The molecule has 7 heteroatoms. The van der Waals surface area contributed by atoms with Crippen LogP contribution in [0.15, 0.2) is 48.5 Å². The van der Waals surface area contributed by atoms with Crippen LogP contribution in [-0.4, -0.2) is 37.6 Å². The lowest BCUT2D eigenvalue weighted by atomic mass is 10.1. The Labute approximate surface area is 166 Å². The number of methoxy groups -OCH3 is 2. The van der Waals surface area contributed by atoms with Gasteiger partial charge in [0.25, 0.3) is 0 Å². The first kappa shape index (κ1) is 19.6. The number of Topliss-reactive ketones (excluding diaryl/α,β-unsaturated/α-hetero) is 1. The van der Waals surface area contributed by atoms with Crippen molar-refractivity contribution in [2.75, 3.05) is 20.8 Å². The summed E-state index contributed by atoms with van der Waals surface area (Å²) in [5, 5.41) is 0.733. The minimum atomic E-state index is -0.564. The van der Waals surface area contributed by atoms with Crippen molar-refractivity contribution < 1.29 is 23.8 Å². The van der Waals surface area contributed by atoms with Crippen LogP contribution in [0.3, 0.4) is 0 Å². The van der Waals surface area contributed by atoms with Crippen LogP contribution in [0, 0.1) is 6.92 Å². The number of hydrogen-bond donors (Lipinski definition) is 0. The van der Waals surface area contributed by atoms with Crippen LogP contribution in [0.25, 0.3) is 10.6 Å². The van der Waals surface area contributed by atoms with Crippen LogP contribution < -0.4 is 9.47 Å². The predicted molar refractivity (Wildman–Crippen MR) is 106 cm³/mol. The Kier molecular flexibility index (Phi) is 6.06. The summed E-state index contributed by atoms with van der Waals surface area (Å²) in [6.07, 6.45) is 0. The van der Waals surface area contributed by atoms with Crippen LogP contribution in [0.1, 0.15) is 25.7 Å². The van der Waals surface area contributed by atoms with Gasteiger partial charge < -0.3 is 14.2 Å². The number of aryl methyl sites for hydroxylation is 1. The molecule has 1 aromatic heterocycles. The Morgan fingerprint density at radius 3 is 2.39 bits per heavy atom. The Hall–Kier alpha value is -3.19.